The Morgan fingerprint density at radius 1 is 0.778 bits per heavy atom. The number of rotatable bonds is 0. The van der Waals surface area contributed by atoms with E-state index in [-0.39, 0.29) is 0 Å². The first kappa shape index (κ1) is 10.2. The Hall–Kier alpha value is -1.80. The van der Waals surface area contributed by atoms with E-state index in [1.807, 2.05) is 0 Å². The van der Waals surface area contributed by atoms with Gasteiger partial charge < -0.3 is 5.32 Å². The molecule has 3 aromatic rings. The molecule has 0 atom stereocenters. The third kappa shape index (κ3) is 1.27. The molecule has 0 spiro atoms. The van der Waals surface area contributed by atoms with Crippen molar-refractivity contribution in [1.82, 2.24) is 0 Å². The van der Waals surface area contributed by atoms with E-state index in [2.05, 4.69) is 75.8 Å². The second-order valence-electron chi connectivity index (χ2n) is 4.50. The summed E-state index contributed by atoms with van der Waals surface area (Å²) < 4.78 is 1.10. The van der Waals surface area contributed by atoms with Crippen LogP contribution >= 0.6 is 15.9 Å². The van der Waals surface area contributed by atoms with Gasteiger partial charge in [-0.2, -0.15) is 0 Å². The number of fused-ring (bicyclic) bond motifs is 2. The second kappa shape index (κ2) is 3.59. The molecule has 0 bridgehead atoms. The Balaban J connectivity index is 2.21. The molecule has 0 aliphatic carbocycles. The number of para-hydroxylation sites is 1. The standard InChI is InChI=1S/C16H10BrN/c17-13-8-3-7-12-11-6-1-4-10-5-2-9-14(15(10)11)18-16(12)13/h1-9,18H. The lowest BCUT2D eigenvalue weighted by Crippen LogP contribution is -2.01. The number of halogens is 1. The molecule has 2 heteroatoms. The lowest BCUT2D eigenvalue weighted by Gasteiger charge is -2.23. The Kier molecular flexibility index (Phi) is 2.03. The van der Waals surface area contributed by atoms with E-state index in [1.54, 1.807) is 0 Å². The number of hydrogen-bond acceptors (Lipinski definition) is 1. The van der Waals surface area contributed by atoms with Crippen LogP contribution in [0.15, 0.2) is 59.1 Å². The Labute approximate surface area is 114 Å². The van der Waals surface area contributed by atoms with Crippen molar-refractivity contribution in [3.8, 4) is 11.1 Å². The fraction of sp³-hybridized carbons (Fsp3) is 0. The topological polar surface area (TPSA) is 12.0 Å². The molecular formula is C16H10BrN. The Morgan fingerprint density at radius 3 is 2.39 bits per heavy atom. The lowest BCUT2D eigenvalue weighted by atomic mass is 9.93. The average molecular weight is 296 g/mol. The van der Waals surface area contributed by atoms with Crippen LogP contribution in [0.5, 0.6) is 0 Å². The van der Waals surface area contributed by atoms with E-state index in [0.29, 0.717) is 0 Å². The van der Waals surface area contributed by atoms with Gasteiger partial charge in [-0.15, -0.1) is 0 Å². The van der Waals surface area contributed by atoms with Crippen LogP contribution < -0.4 is 5.32 Å². The van der Waals surface area contributed by atoms with Gasteiger partial charge in [0.05, 0.1) is 5.69 Å². The van der Waals surface area contributed by atoms with E-state index >= 15 is 0 Å². The van der Waals surface area contributed by atoms with Gasteiger partial charge in [0.15, 0.2) is 0 Å². The normalized spacial score (nSPS) is 12.1. The van der Waals surface area contributed by atoms with Gasteiger partial charge in [0.1, 0.15) is 0 Å². The summed E-state index contributed by atoms with van der Waals surface area (Å²) >= 11 is 3.62. The molecule has 0 saturated heterocycles. The van der Waals surface area contributed by atoms with Crippen LogP contribution in [-0.2, 0) is 0 Å². The zero-order valence-corrected chi connectivity index (χ0v) is 11.2. The Bertz CT molecular complexity index is 772. The minimum absolute atomic E-state index is 1.10. The number of benzene rings is 3. The predicted molar refractivity (Wildman–Crippen MR) is 80.4 cm³/mol. The first-order valence-electron chi connectivity index (χ1n) is 5.92. The van der Waals surface area contributed by atoms with Gasteiger partial charge in [-0.05, 0) is 39.0 Å². The minimum Gasteiger partial charge on any atom is -0.354 e. The molecule has 18 heavy (non-hydrogen) atoms. The van der Waals surface area contributed by atoms with Gasteiger partial charge in [-0.1, -0.05) is 42.5 Å². The van der Waals surface area contributed by atoms with E-state index in [1.165, 1.54) is 27.6 Å². The number of nitrogens with one attached hydrogen (secondary N) is 1. The van der Waals surface area contributed by atoms with Crippen molar-refractivity contribution < 1.29 is 0 Å². The van der Waals surface area contributed by atoms with E-state index in [0.717, 1.165) is 10.2 Å². The zero-order valence-electron chi connectivity index (χ0n) is 9.57. The van der Waals surface area contributed by atoms with Gasteiger partial charge in [0, 0.05) is 21.1 Å². The van der Waals surface area contributed by atoms with Gasteiger partial charge >= 0.3 is 0 Å². The monoisotopic (exact) mass is 295 g/mol. The van der Waals surface area contributed by atoms with Crippen molar-refractivity contribution >= 4 is 38.1 Å². The van der Waals surface area contributed by atoms with Crippen molar-refractivity contribution in [2.24, 2.45) is 0 Å². The summed E-state index contributed by atoms with van der Waals surface area (Å²) in [6.07, 6.45) is 0. The highest BCUT2D eigenvalue weighted by molar-refractivity contribution is 9.10. The molecule has 0 radical (unpaired) electrons. The molecule has 86 valence electrons. The van der Waals surface area contributed by atoms with Crippen LogP contribution in [0.2, 0.25) is 0 Å². The van der Waals surface area contributed by atoms with Gasteiger partial charge in [-0.25, -0.2) is 0 Å². The molecule has 0 amide bonds. The van der Waals surface area contributed by atoms with Crippen molar-refractivity contribution in [2.75, 3.05) is 5.32 Å². The third-order valence-corrected chi connectivity index (χ3v) is 4.13. The van der Waals surface area contributed by atoms with E-state index in [9.17, 15) is 0 Å². The fourth-order valence-electron chi connectivity index (χ4n) is 2.68. The highest BCUT2D eigenvalue weighted by Gasteiger charge is 2.18. The summed E-state index contributed by atoms with van der Waals surface area (Å²) in [5, 5.41) is 6.12. The molecular weight excluding hydrogens is 286 g/mol. The second-order valence-corrected chi connectivity index (χ2v) is 5.35. The molecule has 0 fully saturated rings. The summed E-state index contributed by atoms with van der Waals surface area (Å²) in [4.78, 5) is 0. The minimum atomic E-state index is 1.10. The van der Waals surface area contributed by atoms with Gasteiger partial charge in [-0.3, -0.25) is 0 Å². The van der Waals surface area contributed by atoms with Crippen LogP contribution in [0, 0.1) is 0 Å². The molecule has 1 aliphatic rings. The van der Waals surface area contributed by atoms with Crippen molar-refractivity contribution in [1.29, 1.82) is 0 Å². The third-order valence-electron chi connectivity index (χ3n) is 3.47. The first-order valence-corrected chi connectivity index (χ1v) is 6.71. The maximum absolute atomic E-state index is 3.62. The van der Waals surface area contributed by atoms with Crippen molar-refractivity contribution in [2.45, 2.75) is 0 Å². The largest absolute Gasteiger partial charge is 0.354 e. The summed E-state index contributed by atoms with van der Waals surface area (Å²) in [7, 11) is 0. The molecule has 0 unspecified atom stereocenters. The fourth-order valence-corrected chi connectivity index (χ4v) is 3.15. The molecule has 1 N–H and O–H groups in total. The smallest absolute Gasteiger partial charge is 0.0608 e. The maximum Gasteiger partial charge on any atom is 0.0608 e. The van der Waals surface area contributed by atoms with Crippen LogP contribution in [0.25, 0.3) is 21.9 Å². The summed E-state index contributed by atoms with van der Waals surface area (Å²) in [6.45, 7) is 0. The van der Waals surface area contributed by atoms with Gasteiger partial charge in [0.2, 0.25) is 0 Å². The number of hydrogen-bond donors (Lipinski definition) is 1. The molecule has 3 aromatic carbocycles. The molecule has 1 heterocycles. The van der Waals surface area contributed by atoms with Crippen molar-refractivity contribution in [3.63, 3.8) is 0 Å². The summed E-state index contributed by atoms with van der Waals surface area (Å²) in [5.74, 6) is 0. The van der Waals surface area contributed by atoms with Crippen LogP contribution in [0.1, 0.15) is 0 Å². The van der Waals surface area contributed by atoms with E-state index < -0.39 is 0 Å². The van der Waals surface area contributed by atoms with E-state index in [4.69, 9.17) is 0 Å². The molecule has 1 nitrogen and oxygen atoms in total. The predicted octanol–water partition coefficient (Wildman–Crippen LogP) is 5.33. The molecule has 0 aromatic heterocycles. The Morgan fingerprint density at radius 2 is 1.50 bits per heavy atom. The van der Waals surface area contributed by atoms with Crippen LogP contribution in [0.3, 0.4) is 0 Å². The molecule has 0 saturated carbocycles. The van der Waals surface area contributed by atoms with Gasteiger partial charge in [0.25, 0.3) is 0 Å². The van der Waals surface area contributed by atoms with Crippen LogP contribution in [0.4, 0.5) is 11.4 Å². The molecule has 4 rings (SSSR count). The summed E-state index contributed by atoms with van der Waals surface area (Å²) in [6, 6.07) is 19.2. The highest BCUT2D eigenvalue weighted by Crippen LogP contribution is 2.45. The zero-order chi connectivity index (χ0) is 12.1. The quantitative estimate of drug-likeness (QED) is 0.462. The number of anilines is 2. The summed E-state index contributed by atoms with van der Waals surface area (Å²) in [5.41, 5.74) is 4.90. The lowest BCUT2D eigenvalue weighted by molar-refractivity contribution is 1.51. The first-order chi connectivity index (χ1) is 8.84. The average Bonchev–Trinajstić information content (AvgIpc) is 2.41. The highest BCUT2D eigenvalue weighted by atomic mass is 79.9. The SMILES string of the molecule is Brc1cccc2c1Nc1cccc3cccc-2c13. The van der Waals surface area contributed by atoms with Crippen molar-refractivity contribution in [3.05, 3.63) is 59.1 Å². The molecule has 1 aliphatic heterocycles. The van der Waals surface area contributed by atoms with Crippen LogP contribution in [-0.4, -0.2) is 0 Å². The maximum atomic E-state index is 3.62.